The van der Waals surface area contributed by atoms with Crippen LogP contribution in [0, 0.1) is 12.2 Å². The number of hydrogen-bond acceptors (Lipinski definition) is 0. The topological polar surface area (TPSA) is 0 Å². The van der Waals surface area contributed by atoms with Crippen molar-refractivity contribution in [1.82, 2.24) is 0 Å². The van der Waals surface area contributed by atoms with Crippen LogP contribution in [-0.2, 0) is 47.9 Å². The fraction of sp³-hybridized carbons (Fsp3) is 0.474. The van der Waals surface area contributed by atoms with Crippen molar-refractivity contribution < 1.29 is 26.2 Å². The molecule has 2 aromatic rings. The van der Waals surface area contributed by atoms with Crippen LogP contribution in [0.5, 0.6) is 0 Å². The molecule has 0 N–H and O–H groups in total. The second-order valence-electron chi connectivity index (χ2n) is 15.0. The molecule has 0 saturated carbocycles. The van der Waals surface area contributed by atoms with E-state index >= 15 is 0 Å². The molecule has 0 nitrogen and oxygen atoms in total. The Balaban J connectivity index is 0.000000727. The van der Waals surface area contributed by atoms with Gasteiger partial charge in [0.15, 0.2) is 0 Å². The molecule has 41 heavy (non-hydrogen) atoms. The van der Waals surface area contributed by atoms with Gasteiger partial charge < -0.3 is 0 Å². The summed E-state index contributed by atoms with van der Waals surface area (Å²) in [4.78, 5) is 0. The summed E-state index contributed by atoms with van der Waals surface area (Å²) in [6, 6.07) is 14.0. The molecule has 0 atom stereocenters. The van der Waals surface area contributed by atoms with Gasteiger partial charge in [0.05, 0.1) is 0 Å². The molecule has 0 bridgehead atoms. The van der Waals surface area contributed by atoms with Crippen LogP contribution >= 0.6 is 24.8 Å². The quantitative estimate of drug-likeness (QED) is 0.279. The molecule has 0 aromatic heterocycles. The fourth-order valence-corrected chi connectivity index (χ4v) is 4.50. The van der Waals surface area contributed by atoms with Gasteiger partial charge in [0, 0.05) is 0 Å². The normalized spacial score (nSPS) is 14.6. The third kappa shape index (κ3) is 11.1. The predicted octanol–water partition coefficient (Wildman–Crippen LogP) is 11.7. The van der Waals surface area contributed by atoms with Crippen molar-refractivity contribution in [2.24, 2.45) is 0 Å². The number of halogens is 2. The summed E-state index contributed by atoms with van der Waals surface area (Å²) in [5, 5.41) is 0. The van der Waals surface area contributed by atoms with E-state index in [1.54, 1.807) is 0 Å². The van der Waals surface area contributed by atoms with Crippen molar-refractivity contribution in [2.45, 2.75) is 118 Å². The monoisotopic (exact) mass is 668 g/mol. The van der Waals surface area contributed by atoms with Gasteiger partial charge in [0.1, 0.15) is 0 Å². The number of allylic oxidation sites excluding steroid dienone is 8. The van der Waals surface area contributed by atoms with E-state index in [1.807, 2.05) is 0 Å². The van der Waals surface area contributed by atoms with Gasteiger partial charge in [-0.25, -0.2) is 0 Å². The predicted molar refractivity (Wildman–Crippen MR) is 183 cm³/mol. The molecule has 0 unspecified atom stereocenters. The largest absolute Gasteiger partial charge is 2.00 e. The summed E-state index contributed by atoms with van der Waals surface area (Å²) in [5.74, 6) is 0. The Morgan fingerprint density at radius 2 is 0.683 bits per heavy atom. The van der Waals surface area contributed by atoms with Crippen LogP contribution in [0.15, 0.2) is 60.7 Å². The summed E-state index contributed by atoms with van der Waals surface area (Å²) in [6.45, 7) is 27.3. The van der Waals surface area contributed by atoms with Crippen molar-refractivity contribution in [2.75, 3.05) is 0 Å². The molecular formula is C38H52Cl2Zr. The molecule has 222 valence electrons. The molecule has 0 aliphatic heterocycles. The number of benzene rings is 2. The van der Waals surface area contributed by atoms with Crippen LogP contribution in [0.25, 0.3) is 11.1 Å². The van der Waals surface area contributed by atoms with Crippen molar-refractivity contribution in [1.29, 1.82) is 0 Å². The van der Waals surface area contributed by atoms with Crippen LogP contribution in [0.2, 0.25) is 0 Å². The number of hydrogen-bond donors (Lipinski definition) is 0. The van der Waals surface area contributed by atoms with E-state index in [2.05, 4.69) is 156 Å². The molecular weight excluding hydrogens is 619 g/mol. The first-order chi connectivity index (χ1) is 17.4. The Labute approximate surface area is 284 Å². The van der Waals surface area contributed by atoms with Gasteiger partial charge in [0.25, 0.3) is 0 Å². The Kier molecular flexibility index (Phi) is 14.6. The minimum Gasteiger partial charge on any atom is -0.197 e. The summed E-state index contributed by atoms with van der Waals surface area (Å²) in [6.07, 6.45) is 17.5. The molecule has 3 heteroatoms. The van der Waals surface area contributed by atoms with Gasteiger partial charge in [-0.3, -0.25) is 0 Å². The first kappa shape index (κ1) is 39.9. The maximum atomic E-state index is 3.44. The average Bonchev–Trinajstić information content (AvgIpc) is 3.51. The number of rotatable bonds is 2. The summed E-state index contributed by atoms with van der Waals surface area (Å²) in [5.41, 5.74) is 11.5. The van der Waals surface area contributed by atoms with Crippen molar-refractivity contribution in [3.05, 3.63) is 106 Å². The molecule has 4 rings (SSSR count). The first-order valence-corrected chi connectivity index (χ1v) is 14.2. The maximum absolute atomic E-state index is 3.44. The zero-order valence-electron chi connectivity index (χ0n) is 27.5. The second kappa shape index (κ2) is 15.0. The molecule has 2 aromatic carbocycles. The molecule has 0 saturated heterocycles. The maximum Gasteiger partial charge on any atom is 2.00 e. The molecule has 0 fully saturated rings. The molecule has 0 amide bonds. The van der Waals surface area contributed by atoms with Crippen molar-refractivity contribution >= 4 is 36.0 Å². The summed E-state index contributed by atoms with van der Waals surface area (Å²) < 4.78 is 0. The second-order valence-corrected chi connectivity index (χ2v) is 15.0. The van der Waals surface area contributed by atoms with E-state index in [0.717, 1.165) is 12.8 Å². The van der Waals surface area contributed by atoms with E-state index < -0.39 is 0 Å². The zero-order valence-corrected chi connectivity index (χ0v) is 31.6. The van der Waals surface area contributed by atoms with Gasteiger partial charge >= 0.3 is 26.2 Å². The Morgan fingerprint density at radius 3 is 0.854 bits per heavy atom. The minimum atomic E-state index is 0. The Hall–Kier alpha value is -1.14. The third-order valence-corrected chi connectivity index (χ3v) is 7.34. The van der Waals surface area contributed by atoms with Crippen LogP contribution in [0.4, 0.5) is 0 Å². The zero-order chi connectivity index (χ0) is 28.5. The van der Waals surface area contributed by atoms with Crippen LogP contribution in [-0.4, -0.2) is 0 Å². The minimum absolute atomic E-state index is 0. The van der Waals surface area contributed by atoms with Gasteiger partial charge in [-0.15, -0.1) is 72.4 Å². The van der Waals surface area contributed by atoms with Crippen LogP contribution in [0.1, 0.15) is 129 Å². The average molecular weight is 671 g/mol. The van der Waals surface area contributed by atoms with Gasteiger partial charge in [-0.1, -0.05) is 130 Å². The molecule has 2 aliphatic carbocycles. The Morgan fingerprint density at radius 1 is 0.439 bits per heavy atom. The molecule has 0 heterocycles. The molecule has 2 aliphatic rings. The summed E-state index contributed by atoms with van der Waals surface area (Å²) in [7, 11) is 0. The van der Waals surface area contributed by atoms with Crippen LogP contribution in [0.3, 0.4) is 0 Å². The smallest absolute Gasteiger partial charge is 0.197 e. The van der Waals surface area contributed by atoms with Gasteiger partial charge in [-0.2, -0.15) is 35.5 Å². The van der Waals surface area contributed by atoms with Crippen molar-refractivity contribution in [3.63, 3.8) is 0 Å². The Bertz CT molecular complexity index is 1110. The molecule has 0 radical (unpaired) electrons. The van der Waals surface area contributed by atoms with E-state index in [-0.39, 0.29) is 72.7 Å². The van der Waals surface area contributed by atoms with E-state index in [0.29, 0.717) is 0 Å². The van der Waals surface area contributed by atoms with Crippen LogP contribution < -0.4 is 0 Å². The van der Waals surface area contributed by atoms with Gasteiger partial charge in [0.2, 0.25) is 0 Å². The van der Waals surface area contributed by atoms with Crippen molar-refractivity contribution in [3.8, 4) is 0 Å². The third-order valence-electron chi connectivity index (χ3n) is 7.34. The SMILES string of the molecule is CC(C)(C)c1cc(C2=[C-]CC=C2)cc(C(C)(C)C)c1.CC(C)(C)c1cc(C2=[C-]CC=C2)cc(C(C)(C)C)c1.Cl.Cl.[Zr+2]. The first-order valence-electron chi connectivity index (χ1n) is 14.2. The van der Waals surface area contributed by atoms with E-state index in [1.165, 1.54) is 44.5 Å². The standard InChI is InChI=1S/2C19H25.2ClH.Zr/c2*1-18(2,3)16-11-15(14-9-7-8-10-14)12-17(13-16)19(4,5)6;;;/h2*7,9,11-13H,8H2,1-6H3;2*1H;/q2*-1;;;+2. The summed E-state index contributed by atoms with van der Waals surface area (Å²) >= 11 is 0. The van der Waals surface area contributed by atoms with Gasteiger partial charge in [-0.05, 0) is 21.7 Å². The fourth-order valence-electron chi connectivity index (χ4n) is 4.50. The molecule has 0 spiro atoms. The van der Waals surface area contributed by atoms with E-state index in [4.69, 9.17) is 0 Å². The van der Waals surface area contributed by atoms with E-state index in [9.17, 15) is 0 Å².